The van der Waals surface area contributed by atoms with Gasteiger partial charge in [-0.1, -0.05) is 29.8 Å². The van der Waals surface area contributed by atoms with Crippen LogP contribution in [-0.4, -0.2) is 26.9 Å². The Morgan fingerprint density at radius 3 is 2.70 bits per heavy atom. The number of urea groups is 1. The van der Waals surface area contributed by atoms with Crippen LogP contribution in [0.4, 0.5) is 10.5 Å². The fraction of sp³-hybridized carbons (Fsp3) is 0.111. The molecule has 138 valence electrons. The van der Waals surface area contributed by atoms with Crippen LogP contribution in [0.3, 0.4) is 0 Å². The molecule has 0 spiro atoms. The van der Waals surface area contributed by atoms with Crippen molar-refractivity contribution in [2.45, 2.75) is 13.5 Å². The molecule has 27 heavy (non-hydrogen) atoms. The zero-order valence-electron chi connectivity index (χ0n) is 14.1. The lowest BCUT2D eigenvalue weighted by molar-refractivity contribution is -0.386. The van der Waals surface area contributed by atoms with Gasteiger partial charge in [-0.05, 0) is 46.1 Å². The first kappa shape index (κ1) is 18.6. The Hall–Kier alpha value is -3.20. The van der Waals surface area contributed by atoms with E-state index < -0.39 is 28.3 Å². The van der Waals surface area contributed by atoms with Gasteiger partial charge in [0.1, 0.15) is 5.70 Å². The molecule has 2 N–H and O–H groups in total. The third-order valence-electron chi connectivity index (χ3n) is 3.96. The predicted octanol–water partition coefficient (Wildman–Crippen LogP) is 3.46. The van der Waals surface area contributed by atoms with E-state index in [1.807, 2.05) is 31.2 Å². The van der Waals surface area contributed by atoms with Crippen molar-refractivity contribution in [2.24, 2.45) is 0 Å². The van der Waals surface area contributed by atoms with Crippen LogP contribution in [0.15, 0.2) is 46.6 Å². The Bertz CT molecular complexity index is 1000. The van der Waals surface area contributed by atoms with Gasteiger partial charge >= 0.3 is 11.7 Å². The van der Waals surface area contributed by atoms with Gasteiger partial charge in [0, 0.05) is 6.07 Å². The molecule has 1 fully saturated rings. The summed E-state index contributed by atoms with van der Waals surface area (Å²) >= 11 is 3.04. The highest BCUT2D eigenvalue weighted by Crippen LogP contribution is 2.35. The van der Waals surface area contributed by atoms with Gasteiger partial charge in [0.05, 0.1) is 15.9 Å². The van der Waals surface area contributed by atoms with Crippen molar-refractivity contribution in [3.63, 3.8) is 0 Å². The van der Waals surface area contributed by atoms with E-state index in [2.05, 4.69) is 21.2 Å². The molecular formula is C18H14BrN3O5. The summed E-state index contributed by atoms with van der Waals surface area (Å²) in [6.45, 7) is 2.03. The summed E-state index contributed by atoms with van der Waals surface area (Å²) in [5.41, 5.74) is 1.59. The molecule has 0 bridgehead atoms. The quantitative estimate of drug-likeness (QED) is 0.333. The van der Waals surface area contributed by atoms with Crippen LogP contribution in [0.25, 0.3) is 6.08 Å². The molecule has 2 aromatic carbocycles. The fourth-order valence-corrected chi connectivity index (χ4v) is 3.17. The van der Waals surface area contributed by atoms with Gasteiger partial charge in [-0.3, -0.25) is 19.8 Å². The second-order valence-corrected chi connectivity index (χ2v) is 6.85. The van der Waals surface area contributed by atoms with Gasteiger partial charge in [0.2, 0.25) is 5.75 Å². The maximum Gasteiger partial charge on any atom is 0.329 e. The Morgan fingerprint density at radius 2 is 2.04 bits per heavy atom. The number of benzene rings is 2. The summed E-state index contributed by atoms with van der Waals surface area (Å²) in [5.74, 6) is -1.04. The number of phenols is 1. The topological polar surface area (TPSA) is 113 Å². The number of phenolic OH excluding ortho intramolecular Hbond substituents is 1. The molecule has 1 aliphatic heterocycles. The summed E-state index contributed by atoms with van der Waals surface area (Å²) in [5, 5.41) is 23.2. The number of hydrogen-bond donors (Lipinski definition) is 2. The third-order valence-corrected chi connectivity index (χ3v) is 4.56. The van der Waals surface area contributed by atoms with E-state index in [0.29, 0.717) is 0 Å². The Morgan fingerprint density at radius 1 is 1.30 bits per heavy atom. The molecule has 3 rings (SSSR count). The van der Waals surface area contributed by atoms with E-state index >= 15 is 0 Å². The highest BCUT2D eigenvalue weighted by molar-refractivity contribution is 9.10. The summed E-state index contributed by atoms with van der Waals surface area (Å²) < 4.78 is 0.108. The smallest absolute Gasteiger partial charge is 0.329 e. The minimum Gasteiger partial charge on any atom is -0.501 e. The van der Waals surface area contributed by atoms with E-state index in [0.717, 1.165) is 22.1 Å². The van der Waals surface area contributed by atoms with Gasteiger partial charge in [-0.15, -0.1) is 0 Å². The van der Waals surface area contributed by atoms with Gasteiger partial charge in [-0.25, -0.2) is 4.79 Å². The highest BCUT2D eigenvalue weighted by Gasteiger charge is 2.33. The van der Waals surface area contributed by atoms with Crippen LogP contribution < -0.4 is 5.32 Å². The van der Waals surface area contributed by atoms with Crippen molar-refractivity contribution in [3.05, 3.63) is 73.4 Å². The van der Waals surface area contributed by atoms with Crippen molar-refractivity contribution in [1.29, 1.82) is 0 Å². The summed E-state index contributed by atoms with van der Waals surface area (Å²) in [4.78, 5) is 36.1. The van der Waals surface area contributed by atoms with E-state index in [1.54, 1.807) is 0 Å². The van der Waals surface area contributed by atoms with Crippen LogP contribution in [0.5, 0.6) is 5.75 Å². The van der Waals surface area contributed by atoms with E-state index in [1.165, 1.54) is 12.1 Å². The molecule has 1 aliphatic rings. The number of aromatic hydroxyl groups is 1. The molecule has 0 radical (unpaired) electrons. The Kier molecular flexibility index (Phi) is 4.95. The van der Waals surface area contributed by atoms with E-state index in [9.17, 15) is 24.8 Å². The molecule has 3 amide bonds. The Labute approximate surface area is 162 Å². The molecule has 2 aromatic rings. The van der Waals surface area contributed by atoms with Crippen molar-refractivity contribution in [3.8, 4) is 5.75 Å². The number of nitrogens with zero attached hydrogens (tertiary/aromatic N) is 2. The minimum atomic E-state index is -0.735. The van der Waals surface area contributed by atoms with Crippen LogP contribution in [0.2, 0.25) is 0 Å². The number of imide groups is 1. The predicted molar refractivity (Wildman–Crippen MR) is 101 cm³/mol. The monoisotopic (exact) mass is 431 g/mol. The average Bonchev–Trinajstić information content (AvgIpc) is 2.85. The molecule has 1 heterocycles. The number of nitro benzene ring substituents is 1. The number of hydrogen-bond acceptors (Lipinski definition) is 5. The van der Waals surface area contributed by atoms with Crippen LogP contribution >= 0.6 is 15.9 Å². The van der Waals surface area contributed by atoms with Crippen molar-refractivity contribution in [1.82, 2.24) is 10.2 Å². The first-order chi connectivity index (χ1) is 12.8. The first-order valence-electron chi connectivity index (χ1n) is 7.83. The summed E-state index contributed by atoms with van der Waals surface area (Å²) in [6, 6.07) is 9.41. The number of aryl methyl sites for hydroxylation is 1. The standard InChI is InChI=1S/C18H14BrN3O5/c1-10-3-2-4-11(5-10)9-21-17(24)14(20-18(21)25)7-12-6-13(19)16(23)15(8-12)22(26)27/h2-8,23H,9H2,1H3,(H,20,25)/b14-7+. The van der Waals surface area contributed by atoms with Crippen molar-refractivity contribution < 1.29 is 19.6 Å². The van der Waals surface area contributed by atoms with Crippen LogP contribution in [-0.2, 0) is 11.3 Å². The maximum absolute atomic E-state index is 12.6. The molecule has 8 nitrogen and oxygen atoms in total. The number of carbonyl (C=O) groups excluding carboxylic acids is 2. The molecule has 0 aromatic heterocycles. The number of nitro groups is 1. The van der Waals surface area contributed by atoms with Gasteiger partial charge in [0.25, 0.3) is 5.91 Å². The van der Waals surface area contributed by atoms with E-state index in [-0.39, 0.29) is 22.3 Å². The second-order valence-electron chi connectivity index (χ2n) is 6.00. The fourth-order valence-electron chi connectivity index (χ4n) is 2.70. The highest BCUT2D eigenvalue weighted by atomic mass is 79.9. The van der Waals surface area contributed by atoms with Crippen molar-refractivity contribution in [2.75, 3.05) is 0 Å². The lowest BCUT2D eigenvalue weighted by Gasteiger charge is -2.12. The van der Waals surface area contributed by atoms with Gasteiger partial charge < -0.3 is 10.4 Å². The normalized spacial score (nSPS) is 15.3. The molecule has 1 saturated heterocycles. The number of nitrogens with one attached hydrogen (secondary N) is 1. The third kappa shape index (κ3) is 3.82. The molecule has 0 aliphatic carbocycles. The summed E-state index contributed by atoms with van der Waals surface area (Å²) in [7, 11) is 0. The molecule has 0 saturated carbocycles. The van der Waals surface area contributed by atoms with Crippen molar-refractivity contribution >= 4 is 39.6 Å². The van der Waals surface area contributed by atoms with Crippen LogP contribution in [0.1, 0.15) is 16.7 Å². The number of amides is 3. The average molecular weight is 432 g/mol. The minimum absolute atomic E-state index is 0.000425. The Balaban J connectivity index is 1.89. The zero-order chi connectivity index (χ0) is 19.7. The number of carbonyl (C=O) groups is 2. The molecular weight excluding hydrogens is 418 g/mol. The summed E-state index contributed by atoms with van der Waals surface area (Å²) in [6.07, 6.45) is 1.33. The lowest BCUT2D eigenvalue weighted by atomic mass is 10.1. The first-order valence-corrected chi connectivity index (χ1v) is 8.62. The van der Waals surface area contributed by atoms with Gasteiger partial charge in [-0.2, -0.15) is 0 Å². The largest absolute Gasteiger partial charge is 0.501 e. The number of halogens is 1. The number of rotatable bonds is 4. The van der Waals surface area contributed by atoms with E-state index in [4.69, 9.17) is 0 Å². The molecule has 0 unspecified atom stereocenters. The van der Waals surface area contributed by atoms with Gasteiger partial charge in [0.15, 0.2) is 0 Å². The SMILES string of the molecule is Cc1cccc(CN2C(=O)N/C(=C/c3cc(Br)c(O)c([N+](=O)[O-])c3)C2=O)c1. The maximum atomic E-state index is 12.6. The molecule has 9 heteroatoms. The lowest BCUT2D eigenvalue weighted by Crippen LogP contribution is -2.30. The van der Waals surface area contributed by atoms with Crippen LogP contribution in [0, 0.1) is 17.0 Å². The zero-order valence-corrected chi connectivity index (χ0v) is 15.7. The second kappa shape index (κ2) is 7.20. The molecule has 0 atom stereocenters.